The van der Waals surface area contributed by atoms with E-state index >= 15 is 0 Å². The lowest BCUT2D eigenvalue weighted by Crippen LogP contribution is -2.61. The molecule has 4 rings (SSSR count). The Morgan fingerprint density at radius 2 is 1.77 bits per heavy atom. The van der Waals surface area contributed by atoms with Gasteiger partial charge in [0.25, 0.3) is 5.91 Å². The lowest BCUT2D eigenvalue weighted by atomic mass is 9.87. The molecule has 2 fully saturated rings. The molecule has 0 spiro atoms. The molecular weight excluding hydrogens is 521 g/mol. The van der Waals surface area contributed by atoms with Crippen LogP contribution in [0.1, 0.15) is 76.7 Å². The number of amides is 3. The van der Waals surface area contributed by atoms with Crippen LogP contribution in [-0.4, -0.2) is 48.4 Å². The van der Waals surface area contributed by atoms with Gasteiger partial charge in [0, 0.05) is 24.9 Å². The first-order valence-electron chi connectivity index (χ1n) is 14.0. The lowest BCUT2D eigenvalue weighted by molar-refractivity contribution is -0.137. The zero-order valence-electron chi connectivity index (χ0n) is 23.0. The maximum absolute atomic E-state index is 13.7. The van der Waals surface area contributed by atoms with Crippen molar-refractivity contribution in [3.05, 3.63) is 53.6 Å². The molecule has 1 unspecified atom stereocenters. The number of nitrogens with one attached hydrogen (secondary N) is 2. The largest absolute Gasteiger partial charge is 0.416 e. The third-order valence-electron chi connectivity index (χ3n) is 8.17. The number of rotatable bonds is 7. The quantitative estimate of drug-likeness (QED) is 0.442. The van der Waals surface area contributed by atoms with E-state index in [0.29, 0.717) is 29.8 Å². The number of anilines is 1. The normalized spacial score (nSPS) is 22.1. The SMILES string of the molecule is C/C=C(\C=C/CC1=NC(NC(=O)C2(NC(=O)C3CCCCC3)CCCC2)C(=O)N(C)c2ccccc21)C(F)(F)F. The lowest BCUT2D eigenvalue weighted by Gasteiger charge is -2.33. The third-order valence-corrected chi connectivity index (χ3v) is 8.17. The number of hydrogen-bond donors (Lipinski definition) is 2. The number of allylic oxidation sites excluding steroid dienone is 4. The Labute approximate surface area is 233 Å². The standard InChI is InChI=1S/C30H37F3N4O3/c1-3-21(30(31,32)33)14-11-16-23-22-15-7-8-17-24(22)37(2)27(39)25(34-23)35-28(40)29(18-9-10-19-29)36-26(38)20-12-5-4-6-13-20/h3,7-8,11,14-15,17,20,25H,4-6,9-10,12-13,16,18-19H2,1-2H3,(H,35,40)(H,36,38)/b14-11-,21-3+. The van der Waals surface area contributed by atoms with Crippen molar-refractivity contribution in [3.8, 4) is 0 Å². The summed E-state index contributed by atoms with van der Waals surface area (Å²) in [5.41, 5.74) is -0.394. The van der Waals surface area contributed by atoms with Gasteiger partial charge in [0.1, 0.15) is 5.54 Å². The van der Waals surface area contributed by atoms with Crippen molar-refractivity contribution >= 4 is 29.1 Å². The zero-order valence-corrected chi connectivity index (χ0v) is 23.0. The Morgan fingerprint density at radius 3 is 2.42 bits per heavy atom. The number of likely N-dealkylation sites (N-methyl/N-ethyl adjacent to an activating group) is 1. The van der Waals surface area contributed by atoms with Gasteiger partial charge in [-0.25, -0.2) is 0 Å². The number of carbonyl (C=O) groups excluding carboxylic acids is 3. The second kappa shape index (κ2) is 12.4. The highest BCUT2D eigenvalue weighted by molar-refractivity contribution is 6.13. The van der Waals surface area contributed by atoms with Crippen LogP contribution in [0.4, 0.5) is 18.9 Å². The summed E-state index contributed by atoms with van der Waals surface area (Å²) in [6.07, 6.45) is 4.75. The number of nitrogens with zero attached hydrogens (tertiary/aromatic N) is 2. The number of aliphatic imine (C=N–C) groups is 1. The van der Waals surface area contributed by atoms with Gasteiger partial charge in [-0.05, 0) is 38.7 Å². The maximum atomic E-state index is 13.7. The Bertz CT molecular complexity index is 1210. The Kier molecular flexibility index (Phi) is 9.15. The molecule has 1 atom stereocenters. The van der Waals surface area contributed by atoms with E-state index < -0.39 is 35.3 Å². The van der Waals surface area contributed by atoms with E-state index in [0.717, 1.165) is 57.1 Å². The first-order chi connectivity index (χ1) is 19.1. The van der Waals surface area contributed by atoms with Gasteiger partial charge < -0.3 is 15.5 Å². The fourth-order valence-electron chi connectivity index (χ4n) is 5.85. The Hall–Kier alpha value is -3.43. The molecule has 0 bridgehead atoms. The molecule has 2 aliphatic carbocycles. The van der Waals surface area contributed by atoms with Crippen LogP contribution in [-0.2, 0) is 14.4 Å². The van der Waals surface area contributed by atoms with Crippen LogP contribution in [0.3, 0.4) is 0 Å². The minimum Gasteiger partial charge on any atom is -0.341 e. The third kappa shape index (κ3) is 6.47. The van der Waals surface area contributed by atoms with Crippen molar-refractivity contribution < 1.29 is 27.6 Å². The van der Waals surface area contributed by atoms with Gasteiger partial charge in [0.2, 0.25) is 18.0 Å². The summed E-state index contributed by atoms with van der Waals surface area (Å²) < 4.78 is 39.6. The van der Waals surface area contributed by atoms with Crippen LogP contribution >= 0.6 is 0 Å². The van der Waals surface area contributed by atoms with Gasteiger partial charge in [-0.3, -0.25) is 19.4 Å². The predicted molar refractivity (Wildman–Crippen MR) is 148 cm³/mol. The Morgan fingerprint density at radius 1 is 1.10 bits per heavy atom. The first kappa shape index (κ1) is 29.6. The summed E-state index contributed by atoms with van der Waals surface area (Å²) in [6, 6.07) is 6.99. The van der Waals surface area contributed by atoms with E-state index in [1.165, 1.54) is 17.9 Å². The highest BCUT2D eigenvalue weighted by Gasteiger charge is 2.45. The van der Waals surface area contributed by atoms with E-state index in [1.54, 1.807) is 31.3 Å². The highest BCUT2D eigenvalue weighted by atomic mass is 19.4. The molecule has 216 valence electrons. The van der Waals surface area contributed by atoms with Gasteiger partial charge >= 0.3 is 6.18 Å². The van der Waals surface area contributed by atoms with Gasteiger partial charge in [-0.2, -0.15) is 13.2 Å². The van der Waals surface area contributed by atoms with Crippen molar-refractivity contribution in [1.29, 1.82) is 0 Å². The van der Waals surface area contributed by atoms with Crippen LogP contribution in [0.25, 0.3) is 0 Å². The number of para-hydroxylation sites is 1. The van der Waals surface area contributed by atoms with E-state index in [9.17, 15) is 27.6 Å². The number of alkyl halides is 3. The monoisotopic (exact) mass is 558 g/mol. The zero-order chi connectivity index (χ0) is 28.9. The van der Waals surface area contributed by atoms with Gasteiger partial charge in [-0.1, -0.05) is 68.5 Å². The summed E-state index contributed by atoms with van der Waals surface area (Å²) >= 11 is 0. The summed E-state index contributed by atoms with van der Waals surface area (Å²) in [5.74, 6) is -1.17. The average molecular weight is 559 g/mol. The molecule has 10 heteroatoms. The Balaban J connectivity index is 1.60. The molecule has 0 saturated heterocycles. The van der Waals surface area contributed by atoms with Gasteiger partial charge in [0.15, 0.2) is 0 Å². The second-order valence-electron chi connectivity index (χ2n) is 10.8. The topological polar surface area (TPSA) is 90.9 Å². The molecule has 1 aromatic carbocycles. The van der Waals surface area contributed by atoms with Gasteiger partial charge in [0.05, 0.1) is 17.0 Å². The predicted octanol–water partition coefficient (Wildman–Crippen LogP) is 5.36. The van der Waals surface area contributed by atoms with Crippen LogP contribution in [0, 0.1) is 5.92 Å². The van der Waals surface area contributed by atoms with E-state index in [-0.39, 0.29) is 18.2 Å². The van der Waals surface area contributed by atoms with Gasteiger partial charge in [-0.15, -0.1) is 0 Å². The number of hydrogen-bond acceptors (Lipinski definition) is 4. The molecule has 1 heterocycles. The van der Waals surface area contributed by atoms with Crippen molar-refractivity contribution in [2.75, 3.05) is 11.9 Å². The molecule has 40 heavy (non-hydrogen) atoms. The van der Waals surface area contributed by atoms with Crippen molar-refractivity contribution in [3.63, 3.8) is 0 Å². The highest BCUT2D eigenvalue weighted by Crippen LogP contribution is 2.33. The molecule has 3 aliphatic rings. The van der Waals surface area contributed by atoms with E-state index in [1.807, 2.05) is 0 Å². The van der Waals surface area contributed by atoms with Crippen LogP contribution in [0.15, 0.2) is 53.1 Å². The van der Waals surface area contributed by atoms with Crippen molar-refractivity contribution in [2.24, 2.45) is 10.9 Å². The fourth-order valence-corrected chi connectivity index (χ4v) is 5.85. The molecule has 2 saturated carbocycles. The summed E-state index contributed by atoms with van der Waals surface area (Å²) in [6.45, 7) is 1.32. The van der Waals surface area contributed by atoms with Crippen molar-refractivity contribution in [2.45, 2.75) is 89.0 Å². The average Bonchev–Trinajstić information content (AvgIpc) is 3.39. The molecular formula is C30H37F3N4O3. The van der Waals surface area contributed by atoms with Crippen LogP contribution in [0.2, 0.25) is 0 Å². The summed E-state index contributed by atoms with van der Waals surface area (Å²) in [7, 11) is 1.58. The number of halogens is 3. The molecule has 1 aromatic rings. The maximum Gasteiger partial charge on any atom is 0.416 e. The van der Waals surface area contributed by atoms with Crippen molar-refractivity contribution in [1.82, 2.24) is 10.6 Å². The van der Waals surface area contributed by atoms with E-state index in [4.69, 9.17) is 0 Å². The number of benzodiazepines with no additional fused rings is 1. The summed E-state index contributed by atoms with van der Waals surface area (Å²) in [5, 5.41) is 5.82. The summed E-state index contributed by atoms with van der Waals surface area (Å²) in [4.78, 5) is 46.3. The molecule has 2 N–H and O–H groups in total. The first-order valence-corrected chi connectivity index (χ1v) is 14.0. The number of carbonyl (C=O) groups is 3. The fraction of sp³-hybridized carbons (Fsp3) is 0.533. The molecule has 3 amide bonds. The molecule has 0 radical (unpaired) electrons. The smallest absolute Gasteiger partial charge is 0.341 e. The molecule has 1 aliphatic heterocycles. The number of fused-ring (bicyclic) bond motifs is 1. The van der Waals surface area contributed by atoms with E-state index in [2.05, 4.69) is 15.6 Å². The van der Waals surface area contributed by atoms with Crippen LogP contribution < -0.4 is 15.5 Å². The van der Waals surface area contributed by atoms with Crippen LogP contribution in [0.5, 0.6) is 0 Å². The molecule has 7 nitrogen and oxygen atoms in total. The minimum absolute atomic E-state index is 0.0154. The molecule has 0 aromatic heterocycles. The number of benzene rings is 1. The minimum atomic E-state index is -4.49. The second-order valence-corrected chi connectivity index (χ2v) is 10.8.